The number of thioether (sulfide) groups is 1. The third-order valence-corrected chi connectivity index (χ3v) is 8.07. The van der Waals surface area contributed by atoms with Gasteiger partial charge in [-0.1, -0.05) is 6.58 Å². The van der Waals surface area contributed by atoms with Crippen molar-refractivity contribution in [1.82, 2.24) is 10.2 Å². The summed E-state index contributed by atoms with van der Waals surface area (Å²) < 4.78 is 12.6. The van der Waals surface area contributed by atoms with Crippen LogP contribution in [0.25, 0.3) is 0 Å². The monoisotopic (exact) mass is 567 g/mol. The quantitative estimate of drug-likeness (QED) is 0.169. The van der Waals surface area contributed by atoms with E-state index in [2.05, 4.69) is 39.4 Å². The van der Waals surface area contributed by atoms with Crippen LogP contribution in [0.15, 0.2) is 52.1 Å². The Hall–Kier alpha value is -1.52. The molecule has 0 amide bonds. The second-order valence-corrected chi connectivity index (χ2v) is 10.3. The van der Waals surface area contributed by atoms with E-state index >= 15 is 0 Å². The number of hydrogen-bond acceptors (Lipinski definition) is 6. The van der Waals surface area contributed by atoms with Gasteiger partial charge in [-0.15, -0.1) is 11.8 Å². The molecule has 0 unspecified atom stereocenters. The van der Waals surface area contributed by atoms with Crippen molar-refractivity contribution < 1.29 is 14.3 Å². The first-order valence-electron chi connectivity index (χ1n) is 11.2. The van der Waals surface area contributed by atoms with Gasteiger partial charge in [-0.25, -0.2) is 4.99 Å². The molecule has 0 spiro atoms. The van der Waals surface area contributed by atoms with E-state index in [-0.39, 0.29) is 6.10 Å². The van der Waals surface area contributed by atoms with Crippen LogP contribution in [0.3, 0.4) is 0 Å². The maximum Gasteiger partial charge on any atom is 0.167 e. The summed E-state index contributed by atoms with van der Waals surface area (Å²) in [6.45, 7) is 7.81. The van der Waals surface area contributed by atoms with Crippen molar-refractivity contribution in [2.45, 2.75) is 44.2 Å². The molecular weight excluding hydrogens is 537 g/mol. The zero-order valence-electron chi connectivity index (χ0n) is 18.2. The number of halogens is 1. The highest BCUT2D eigenvalue weighted by molar-refractivity contribution is 14.1. The van der Waals surface area contributed by atoms with Gasteiger partial charge in [0.15, 0.2) is 3.84 Å². The number of aliphatic imine (C=N–C) groups is 1. The van der Waals surface area contributed by atoms with E-state index in [4.69, 9.17) is 14.5 Å². The highest BCUT2D eigenvalue weighted by Crippen LogP contribution is 2.37. The van der Waals surface area contributed by atoms with Crippen molar-refractivity contribution in [2.75, 3.05) is 32.1 Å². The minimum atomic E-state index is 0.192. The molecule has 0 aromatic heterocycles. The zero-order valence-corrected chi connectivity index (χ0v) is 21.2. The van der Waals surface area contributed by atoms with Gasteiger partial charge in [0.25, 0.3) is 0 Å². The fraction of sp³-hybridized carbons (Fsp3) is 0.500. The predicted octanol–water partition coefficient (Wildman–Crippen LogP) is 4.76. The van der Waals surface area contributed by atoms with Gasteiger partial charge < -0.3 is 19.7 Å². The molecule has 3 aliphatic rings. The highest BCUT2D eigenvalue weighted by Gasteiger charge is 2.25. The lowest BCUT2D eigenvalue weighted by atomic mass is 10.1. The van der Waals surface area contributed by atoms with Crippen LogP contribution in [-0.4, -0.2) is 59.2 Å². The number of ether oxygens (including phenoxy) is 2. The summed E-state index contributed by atoms with van der Waals surface area (Å²) in [6, 6.07) is 7.77. The van der Waals surface area contributed by atoms with E-state index in [1.807, 2.05) is 23.9 Å². The van der Waals surface area contributed by atoms with Gasteiger partial charge in [0, 0.05) is 68.6 Å². The average Bonchev–Trinajstić information content (AvgIpc) is 3.29. The lowest BCUT2D eigenvalue weighted by Crippen LogP contribution is -2.40. The number of carbonyl (C=O) groups excluding carboxylic acids is 1. The topological polar surface area (TPSA) is 63.2 Å². The van der Waals surface area contributed by atoms with Crippen LogP contribution in [0.2, 0.25) is 0 Å². The standard InChI is InChI=1S/C24H30IN3O3S/c1-17(26-19-8-13-30-14-9-19)23-22(10-15-32-23)27-24(25)28-11-6-21(7-12-28)31-20-4-2-18(16-29)3-5-20/h2-5,16,19,21,26H,1,6-15H2. The molecule has 0 radical (unpaired) electrons. The van der Waals surface area contributed by atoms with Gasteiger partial charge in [0.05, 0.1) is 10.6 Å². The number of amidine groups is 1. The molecule has 1 N–H and O–H groups in total. The number of rotatable bonds is 7. The van der Waals surface area contributed by atoms with Crippen molar-refractivity contribution in [3.63, 3.8) is 0 Å². The third kappa shape index (κ3) is 6.29. The van der Waals surface area contributed by atoms with Crippen molar-refractivity contribution in [3.05, 3.63) is 52.7 Å². The third-order valence-electron chi connectivity index (χ3n) is 5.97. The SMILES string of the molecule is C=C(NC1CCOCC1)C1=C(N=C(I)N2CCC(Oc3ccc(C=O)cc3)CC2)CCS1. The second kappa shape index (κ2) is 11.6. The normalized spacial score (nSPS) is 21.0. The zero-order chi connectivity index (χ0) is 22.3. The van der Waals surface area contributed by atoms with Gasteiger partial charge in [-0.2, -0.15) is 0 Å². The molecule has 32 heavy (non-hydrogen) atoms. The Labute approximate surface area is 208 Å². The van der Waals surface area contributed by atoms with Gasteiger partial charge in [-0.3, -0.25) is 4.79 Å². The molecule has 2 fully saturated rings. The Bertz CT molecular complexity index is 873. The first-order valence-corrected chi connectivity index (χ1v) is 13.3. The first kappa shape index (κ1) is 23.6. The molecule has 3 aliphatic heterocycles. The van der Waals surface area contributed by atoms with Crippen LogP contribution < -0.4 is 10.1 Å². The summed E-state index contributed by atoms with van der Waals surface area (Å²) in [5.41, 5.74) is 2.83. The largest absolute Gasteiger partial charge is 0.490 e. The van der Waals surface area contributed by atoms with Crippen LogP contribution in [0, 0.1) is 0 Å². The van der Waals surface area contributed by atoms with Crippen LogP contribution in [0.5, 0.6) is 5.75 Å². The summed E-state index contributed by atoms with van der Waals surface area (Å²) >= 11 is 4.23. The molecule has 1 aromatic rings. The Balaban J connectivity index is 1.31. The summed E-state index contributed by atoms with van der Waals surface area (Å²) in [4.78, 5) is 19.4. The van der Waals surface area contributed by atoms with E-state index in [0.29, 0.717) is 11.6 Å². The summed E-state index contributed by atoms with van der Waals surface area (Å²) in [7, 11) is 0. The fourth-order valence-electron chi connectivity index (χ4n) is 4.13. The van der Waals surface area contributed by atoms with E-state index < -0.39 is 0 Å². The molecule has 2 saturated heterocycles. The summed E-state index contributed by atoms with van der Waals surface area (Å²) in [5.74, 6) is 1.89. The Morgan fingerprint density at radius 2 is 1.94 bits per heavy atom. The second-order valence-electron chi connectivity index (χ2n) is 8.26. The summed E-state index contributed by atoms with van der Waals surface area (Å²) in [6.07, 6.45) is 6.00. The molecule has 172 valence electrons. The molecule has 0 bridgehead atoms. The Morgan fingerprint density at radius 1 is 1.22 bits per heavy atom. The number of nitrogens with zero attached hydrogens (tertiary/aromatic N) is 2. The number of aldehydes is 1. The molecule has 8 heteroatoms. The van der Waals surface area contributed by atoms with Crippen LogP contribution >= 0.6 is 34.4 Å². The molecule has 0 saturated carbocycles. The van der Waals surface area contributed by atoms with Crippen molar-refractivity contribution in [1.29, 1.82) is 0 Å². The lowest BCUT2D eigenvalue weighted by molar-refractivity contribution is 0.0806. The fourth-order valence-corrected chi connectivity index (χ4v) is 5.95. The van der Waals surface area contributed by atoms with Crippen LogP contribution in [0.4, 0.5) is 0 Å². The number of benzene rings is 1. The number of allylic oxidation sites excluding steroid dienone is 1. The molecule has 1 aromatic carbocycles. The number of nitrogens with one attached hydrogen (secondary N) is 1. The van der Waals surface area contributed by atoms with Crippen molar-refractivity contribution >= 4 is 44.5 Å². The van der Waals surface area contributed by atoms with Crippen molar-refractivity contribution in [3.8, 4) is 5.75 Å². The Morgan fingerprint density at radius 3 is 2.62 bits per heavy atom. The number of carbonyl (C=O) groups is 1. The molecule has 3 heterocycles. The van der Waals surface area contributed by atoms with Gasteiger partial charge >= 0.3 is 0 Å². The molecule has 4 rings (SSSR count). The lowest BCUT2D eigenvalue weighted by Gasteiger charge is -2.32. The van der Waals surface area contributed by atoms with Gasteiger partial charge in [0.2, 0.25) is 0 Å². The first-order chi connectivity index (χ1) is 15.6. The van der Waals surface area contributed by atoms with E-state index in [9.17, 15) is 4.79 Å². The van der Waals surface area contributed by atoms with E-state index in [1.54, 1.807) is 12.1 Å². The molecule has 0 aliphatic carbocycles. The number of hydrogen-bond donors (Lipinski definition) is 1. The maximum absolute atomic E-state index is 10.8. The van der Waals surface area contributed by atoms with Crippen LogP contribution in [0.1, 0.15) is 42.5 Å². The number of piperidine rings is 1. The van der Waals surface area contributed by atoms with Gasteiger partial charge in [-0.05, 0) is 59.7 Å². The molecule has 0 atom stereocenters. The van der Waals surface area contributed by atoms with Crippen molar-refractivity contribution in [2.24, 2.45) is 4.99 Å². The smallest absolute Gasteiger partial charge is 0.167 e. The predicted molar refractivity (Wildman–Crippen MR) is 139 cm³/mol. The summed E-state index contributed by atoms with van der Waals surface area (Å²) in [5, 5.41) is 3.61. The minimum absolute atomic E-state index is 0.192. The number of likely N-dealkylation sites (tertiary alicyclic amines) is 1. The van der Waals surface area contributed by atoms with E-state index in [1.165, 1.54) is 4.91 Å². The van der Waals surface area contributed by atoms with E-state index in [0.717, 1.165) is 91.4 Å². The molecule has 6 nitrogen and oxygen atoms in total. The minimum Gasteiger partial charge on any atom is -0.490 e. The van der Waals surface area contributed by atoms with Gasteiger partial charge in [0.1, 0.15) is 18.1 Å². The highest BCUT2D eigenvalue weighted by atomic mass is 127. The maximum atomic E-state index is 10.8. The average molecular weight is 567 g/mol. The Kier molecular flexibility index (Phi) is 8.54. The molecular formula is C24H30IN3O3S. The van der Waals surface area contributed by atoms with Crippen LogP contribution in [-0.2, 0) is 4.74 Å².